The summed E-state index contributed by atoms with van der Waals surface area (Å²) in [5, 5.41) is 3.24. The summed E-state index contributed by atoms with van der Waals surface area (Å²) in [6.07, 6.45) is 0.854. The summed E-state index contributed by atoms with van der Waals surface area (Å²) in [5.41, 5.74) is 6.78. The second-order valence-electron chi connectivity index (χ2n) is 4.29. The summed E-state index contributed by atoms with van der Waals surface area (Å²) < 4.78 is 30.6. The largest absolute Gasteiger partial charge is 0.398 e. The lowest BCUT2D eigenvalue weighted by molar-refractivity contribution is 0.191. The molecule has 0 heterocycles. The van der Waals surface area contributed by atoms with Gasteiger partial charge in [0.15, 0.2) is 0 Å². The van der Waals surface area contributed by atoms with E-state index in [1.54, 1.807) is 19.2 Å². The molecule has 0 aromatic heterocycles. The van der Waals surface area contributed by atoms with Crippen LogP contribution in [0.25, 0.3) is 0 Å². The van der Waals surface area contributed by atoms with Gasteiger partial charge < -0.3 is 15.8 Å². The number of hydrogen-bond acceptors (Lipinski definition) is 5. The van der Waals surface area contributed by atoms with Crippen molar-refractivity contribution in [3.05, 3.63) is 18.2 Å². The summed E-state index contributed by atoms with van der Waals surface area (Å²) in [4.78, 5) is 0.0881. The van der Waals surface area contributed by atoms with Crippen LogP contribution >= 0.6 is 0 Å². The lowest BCUT2D eigenvalue weighted by Gasteiger charge is -2.16. The highest BCUT2D eigenvalue weighted by atomic mass is 32.2. The van der Waals surface area contributed by atoms with Gasteiger partial charge in [-0.25, -0.2) is 13.1 Å². The molecule has 0 aliphatic rings. The van der Waals surface area contributed by atoms with Crippen LogP contribution < -0.4 is 15.8 Å². The zero-order valence-corrected chi connectivity index (χ0v) is 12.3. The van der Waals surface area contributed by atoms with Gasteiger partial charge in [-0.2, -0.15) is 0 Å². The van der Waals surface area contributed by atoms with Crippen LogP contribution in [0.15, 0.2) is 23.1 Å². The first-order valence-corrected chi connectivity index (χ1v) is 7.47. The molecule has 0 bridgehead atoms. The number of hydrogen-bond donors (Lipinski definition) is 3. The maximum atomic E-state index is 11.7. The zero-order valence-electron chi connectivity index (χ0n) is 11.4. The Morgan fingerprint density at radius 1 is 1.42 bits per heavy atom. The molecule has 0 spiro atoms. The van der Waals surface area contributed by atoms with E-state index in [1.165, 1.54) is 13.1 Å². The highest BCUT2D eigenvalue weighted by Gasteiger charge is 2.15. The number of ether oxygens (including phenoxy) is 1. The first kappa shape index (κ1) is 15.7. The van der Waals surface area contributed by atoms with Gasteiger partial charge in [0.2, 0.25) is 10.0 Å². The van der Waals surface area contributed by atoms with Crippen molar-refractivity contribution in [2.75, 3.05) is 31.8 Å². The van der Waals surface area contributed by atoms with E-state index < -0.39 is 10.0 Å². The Labute approximate surface area is 114 Å². The molecule has 0 aliphatic carbocycles. The Bertz CT molecular complexity index is 517. The first-order chi connectivity index (χ1) is 8.90. The van der Waals surface area contributed by atoms with Gasteiger partial charge in [0.25, 0.3) is 0 Å². The van der Waals surface area contributed by atoms with E-state index in [9.17, 15) is 8.42 Å². The van der Waals surface area contributed by atoms with Crippen LogP contribution in [0, 0.1) is 0 Å². The van der Waals surface area contributed by atoms with Crippen molar-refractivity contribution in [2.24, 2.45) is 0 Å². The fourth-order valence-corrected chi connectivity index (χ4v) is 2.48. The average Bonchev–Trinajstić information content (AvgIpc) is 2.36. The van der Waals surface area contributed by atoms with E-state index in [4.69, 9.17) is 10.5 Å². The van der Waals surface area contributed by atoms with Crippen LogP contribution in [0.3, 0.4) is 0 Å². The van der Waals surface area contributed by atoms with Crippen LogP contribution in [0.5, 0.6) is 0 Å². The van der Waals surface area contributed by atoms with Crippen LogP contribution in [-0.4, -0.2) is 35.2 Å². The third-order valence-electron chi connectivity index (χ3n) is 2.74. The molecule has 7 heteroatoms. The molecular weight excluding hydrogens is 266 g/mol. The highest BCUT2D eigenvalue weighted by molar-refractivity contribution is 7.89. The molecule has 4 N–H and O–H groups in total. The van der Waals surface area contributed by atoms with Crippen LogP contribution in [-0.2, 0) is 14.8 Å². The normalized spacial score (nSPS) is 13.2. The average molecular weight is 287 g/mol. The van der Waals surface area contributed by atoms with Crippen molar-refractivity contribution in [2.45, 2.75) is 24.3 Å². The van der Waals surface area contributed by atoms with E-state index in [0.29, 0.717) is 6.61 Å². The summed E-state index contributed by atoms with van der Waals surface area (Å²) in [5.74, 6) is 0. The quantitative estimate of drug-likeness (QED) is 0.651. The van der Waals surface area contributed by atoms with Crippen molar-refractivity contribution in [1.29, 1.82) is 0 Å². The number of sulfonamides is 1. The highest BCUT2D eigenvalue weighted by Crippen LogP contribution is 2.22. The topological polar surface area (TPSA) is 93.5 Å². The van der Waals surface area contributed by atoms with Gasteiger partial charge in [-0.15, -0.1) is 0 Å². The number of nitrogen functional groups attached to an aromatic ring is 1. The zero-order chi connectivity index (χ0) is 14.5. The summed E-state index contributed by atoms with van der Waals surface area (Å²) in [6, 6.07) is 5.02. The second-order valence-corrected chi connectivity index (χ2v) is 6.14. The minimum absolute atomic E-state index is 0.0881. The van der Waals surface area contributed by atoms with Gasteiger partial charge in [0.05, 0.1) is 5.69 Å². The lowest BCUT2D eigenvalue weighted by Crippen LogP contribution is -2.20. The molecule has 1 rings (SSSR count). The molecule has 1 unspecified atom stereocenters. The number of nitrogens with two attached hydrogens (primary N) is 1. The monoisotopic (exact) mass is 287 g/mol. The molecular formula is C12H21N3O3S. The van der Waals surface area contributed by atoms with Crippen LogP contribution in [0.1, 0.15) is 13.3 Å². The maximum Gasteiger partial charge on any atom is 0.242 e. The Hall–Kier alpha value is -1.31. The molecule has 1 aromatic carbocycles. The van der Waals surface area contributed by atoms with Crippen molar-refractivity contribution in [3.63, 3.8) is 0 Å². The molecule has 0 saturated heterocycles. The Kier molecular flexibility index (Phi) is 5.59. The lowest BCUT2D eigenvalue weighted by atomic mass is 10.2. The number of methoxy groups -OCH3 is 1. The minimum Gasteiger partial charge on any atom is -0.398 e. The Morgan fingerprint density at radius 2 is 2.11 bits per heavy atom. The second kappa shape index (κ2) is 6.74. The van der Waals surface area contributed by atoms with E-state index >= 15 is 0 Å². The van der Waals surface area contributed by atoms with Gasteiger partial charge in [-0.3, -0.25) is 0 Å². The molecule has 0 radical (unpaired) electrons. The van der Waals surface area contributed by atoms with Crippen molar-refractivity contribution >= 4 is 21.4 Å². The van der Waals surface area contributed by atoms with Gasteiger partial charge in [0, 0.05) is 25.4 Å². The van der Waals surface area contributed by atoms with Gasteiger partial charge in [0.1, 0.15) is 4.90 Å². The molecule has 0 fully saturated rings. The standard InChI is InChI=1S/C12H21N3O3S/c1-9(6-7-18-3)15-10-4-5-12(11(13)8-10)19(16,17)14-2/h4-5,8-9,14-15H,6-7,13H2,1-3H3. The molecule has 0 amide bonds. The molecule has 108 valence electrons. The Morgan fingerprint density at radius 3 is 2.63 bits per heavy atom. The third kappa shape index (κ3) is 4.38. The SMILES string of the molecule is CNS(=O)(=O)c1ccc(NC(C)CCOC)cc1N. The molecule has 0 saturated carbocycles. The summed E-state index contributed by atoms with van der Waals surface area (Å²) in [6.45, 7) is 2.68. The van der Waals surface area contributed by atoms with Gasteiger partial charge >= 0.3 is 0 Å². The molecule has 1 aromatic rings. The number of nitrogens with one attached hydrogen (secondary N) is 2. The fourth-order valence-electron chi connectivity index (χ4n) is 1.64. The Balaban J connectivity index is 2.83. The molecule has 6 nitrogen and oxygen atoms in total. The van der Waals surface area contributed by atoms with Crippen LogP contribution in [0.2, 0.25) is 0 Å². The predicted octanol–water partition coefficient (Wildman–Crippen LogP) is 1.01. The molecule has 19 heavy (non-hydrogen) atoms. The number of anilines is 2. The maximum absolute atomic E-state index is 11.7. The van der Waals surface area contributed by atoms with E-state index in [2.05, 4.69) is 10.0 Å². The predicted molar refractivity (Wildman–Crippen MR) is 76.7 cm³/mol. The molecule has 1 atom stereocenters. The van der Waals surface area contributed by atoms with Crippen molar-refractivity contribution < 1.29 is 13.2 Å². The summed E-state index contributed by atoms with van der Waals surface area (Å²) in [7, 11) is -0.501. The van der Waals surface area contributed by atoms with E-state index in [-0.39, 0.29) is 16.6 Å². The van der Waals surface area contributed by atoms with Gasteiger partial charge in [-0.1, -0.05) is 0 Å². The smallest absolute Gasteiger partial charge is 0.242 e. The van der Waals surface area contributed by atoms with E-state index in [1.807, 2.05) is 6.92 Å². The minimum atomic E-state index is -3.51. The van der Waals surface area contributed by atoms with E-state index in [0.717, 1.165) is 12.1 Å². The van der Waals surface area contributed by atoms with Crippen molar-refractivity contribution in [3.8, 4) is 0 Å². The van der Waals surface area contributed by atoms with Crippen LogP contribution in [0.4, 0.5) is 11.4 Å². The first-order valence-electron chi connectivity index (χ1n) is 5.99. The number of rotatable bonds is 7. The number of benzene rings is 1. The third-order valence-corrected chi connectivity index (χ3v) is 4.22. The van der Waals surface area contributed by atoms with Gasteiger partial charge in [-0.05, 0) is 38.6 Å². The fraction of sp³-hybridized carbons (Fsp3) is 0.500. The molecule has 0 aliphatic heterocycles. The van der Waals surface area contributed by atoms with Crippen molar-refractivity contribution in [1.82, 2.24) is 4.72 Å². The summed E-state index contributed by atoms with van der Waals surface area (Å²) >= 11 is 0.